The Labute approximate surface area is 138 Å². The number of anilines is 1. The molecule has 1 N–H and O–H groups in total. The molecule has 1 heterocycles. The van der Waals surface area contributed by atoms with Crippen molar-refractivity contribution in [3.63, 3.8) is 0 Å². The van der Waals surface area contributed by atoms with Crippen molar-refractivity contribution in [1.82, 2.24) is 4.90 Å². The number of amides is 2. The Bertz CT molecular complexity index is 541. The third kappa shape index (κ3) is 5.19. The Morgan fingerprint density at radius 1 is 1.35 bits per heavy atom. The van der Waals surface area contributed by atoms with Crippen molar-refractivity contribution in [3.8, 4) is 0 Å². The highest BCUT2D eigenvalue weighted by molar-refractivity contribution is 7.99. The van der Waals surface area contributed by atoms with Gasteiger partial charge in [-0.3, -0.25) is 9.59 Å². The van der Waals surface area contributed by atoms with E-state index >= 15 is 0 Å². The van der Waals surface area contributed by atoms with E-state index in [1.807, 2.05) is 0 Å². The fourth-order valence-electron chi connectivity index (χ4n) is 2.05. The van der Waals surface area contributed by atoms with E-state index in [1.165, 1.54) is 40.9 Å². The molecule has 2 rings (SSSR count). The maximum absolute atomic E-state index is 12.9. The number of halogens is 1. The second-order valence-corrected chi connectivity index (χ2v) is 5.92. The molecule has 0 aliphatic carbocycles. The monoisotopic (exact) mass is 342 g/mol. The molecule has 1 fully saturated rings. The molecule has 0 radical (unpaired) electrons. The summed E-state index contributed by atoms with van der Waals surface area (Å²) in [5, 5.41) is 2.70. The van der Waals surface area contributed by atoms with Gasteiger partial charge >= 0.3 is 0 Å². The Morgan fingerprint density at radius 3 is 2.78 bits per heavy atom. The molecule has 2 amide bonds. The minimum absolute atomic E-state index is 0.0791. The van der Waals surface area contributed by atoms with Gasteiger partial charge in [0.2, 0.25) is 11.8 Å². The van der Waals surface area contributed by atoms with E-state index < -0.39 is 6.04 Å². The van der Waals surface area contributed by atoms with Crippen molar-refractivity contribution in [1.29, 1.82) is 0 Å². The Kier molecular flexibility index (Phi) is 6.82. The Morgan fingerprint density at radius 2 is 2.09 bits per heavy atom. The molecule has 23 heavy (non-hydrogen) atoms. The van der Waals surface area contributed by atoms with E-state index in [1.54, 1.807) is 7.11 Å². The highest BCUT2D eigenvalue weighted by Crippen LogP contribution is 2.22. The quantitative estimate of drug-likeness (QED) is 0.757. The summed E-state index contributed by atoms with van der Waals surface area (Å²) in [7, 11) is 1.55. The predicted octanol–water partition coefficient (Wildman–Crippen LogP) is 1.33. The molecule has 1 aliphatic rings. The van der Waals surface area contributed by atoms with Gasteiger partial charge in [0.15, 0.2) is 0 Å². The number of rotatable bonds is 7. The van der Waals surface area contributed by atoms with Crippen molar-refractivity contribution < 1.29 is 23.5 Å². The van der Waals surface area contributed by atoms with Gasteiger partial charge in [0.25, 0.3) is 0 Å². The van der Waals surface area contributed by atoms with Gasteiger partial charge in [-0.1, -0.05) is 0 Å². The average molecular weight is 342 g/mol. The molecule has 6 nitrogen and oxygen atoms in total. The van der Waals surface area contributed by atoms with E-state index in [-0.39, 0.29) is 24.2 Å². The summed E-state index contributed by atoms with van der Waals surface area (Å²) in [5.74, 6) is 0.0896. The van der Waals surface area contributed by atoms with Crippen LogP contribution in [0.4, 0.5) is 10.1 Å². The first-order valence-electron chi connectivity index (χ1n) is 7.12. The zero-order valence-electron chi connectivity index (χ0n) is 12.8. The summed E-state index contributed by atoms with van der Waals surface area (Å²) in [5.41, 5.74) is 0.497. The predicted molar refractivity (Wildman–Crippen MR) is 85.7 cm³/mol. The summed E-state index contributed by atoms with van der Waals surface area (Å²) < 4.78 is 22.9. The summed E-state index contributed by atoms with van der Waals surface area (Å²) in [6.07, 6.45) is 0. The molecule has 8 heteroatoms. The van der Waals surface area contributed by atoms with Crippen LogP contribution in [0.3, 0.4) is 0 Å². The number of nitrogens with zero attached hydrogens (tertiary/aromatic N) is 1. The van der Waals surface area contributed by atoms with E-state index in [0.29, 0.717) is 30.5 Å². The van der Waals surface area contributed by atoms with Crippen LogP contribution in [-0.2, 0) is 19.1 Å². The zero-order valence-corrected chi connectivity index (χ0v) is 13.6. The number of carbonyl (C=O) groups is 2. The first-order chi connectivity index (χ1) is 11.1. The van der Waals surface area contributed by atoms with Crippen LogP contribution >= 0.6 is 11.8 Å². The number of nitrogens with one attached hydrogen (secondary N) is 1. The highest BCUT2D eigenvalue weighted by atomic mass is 32.2. The second kappa shape index (κ2) is 8.85. The van der Waals surface area contributed by atoms with Gasteiger partial charge in [-0.2, -0.15) is 0 Å². The van der Waals surface area contributed by atoms with Gasteiger partial charge in [0.05, 0.1) is 19.1 Å². The Balaban J connectivity index is 1.88. The number of ether oxygens (including phenoxy) is 2. The Hall–Kier alpha value is -1.64. The molecule has 1 saturated heterocycles. The average Bonchev–Trinajstić information content (AvgIpc) is 3.03. The zero-order chi connectivity index (χ0) is 16.7. The second-order valence-electron chi connectivity index (χ2n) is 4.92. The normalized spacial score (nSPS) is 17.3. The lowest BCUT2D eigenvalue weighted by Gasteiger charge is -2.23. The smallest absolute Gasteiger partial charge is 0.249 e. The molecule has 1 aliphatic heterocycles. The van der Waals surface area contributed by atoms with Crippen LogP contribution in [0.1, 0.15) is 0 Å². The third-order valence-electron chi connectivity index (χ3n) is 3.27. The van der Waals surface area contributed by atoms with Crippen molar-refractivity contribution in [2.24, 2.45) is 0 Å². The van der Waals surface area contributed by atoms with Crippen LogP contribution in [0.2, 0.25) is 0 Å². The van der Waals surface area contributed by atoms with Crippen molar-refractivity contribution in [3.05, 3.63) is 30.1 Å². The maximum atomic E-state index is 12.9. The number of carbonyl (C=O) groups excluding carboxylic acids is 2. The van der Waals surface area contributed by atoms with E-state index in [4.69, 9.17) is 9.47 Å². The lowest BCUT2D eigenvalue weighted by atomic mass is 10.2. The van der Waals surface area contributed by atoms with Gasteiger partial charge in [-0.25, -0.2) is 4.39 Å². The minimum Gasteiger partial charge on any atom is -0.382 e. The SMILES string of the molecule is COCCOCC(=O)N1CSCC1C(=O)Nc1ccc(F)cc1. The summed E-state index contributed by atoms with van der Waals surface area (Å²) in [6, 6.07) is 4.95. The van der Waals surface area contributed by atoms with Crippen molar-refractivity contribution in [2.75, 3.05) is 43.9 Å². The van der Waals surface area contributed by atoms with Crippen molar-refractivity contribution in [2.45, 2.75) is 6.04 Å². The standard InChI is InChI=1S/C15H19FN2O4S/c1-21-6-7-22-8-14(19)18-10-23-9-13(18)15(20)17-12-4-2-11(16)3-5-12/h2-5,13H,6-10H2,1H3,(H,17,20). The van der Waals surface area contributed by atoms with Crippen LogP contribution in [0.25, 0.3) is 0 Å². The molecule has 126 valence electrons. The molecule has 1 aromatic carbocycles. The molecule has 0 bridgehead atoms. The fraction of sp³-hybridized carbons (Fsp3) is 0.467. The van der Waals surface area contributed by atoms with Crippen LogP contribution in [0.15, 0.2) is 24.3 Å². The summed E-state index contributed by atoms with van der Waals surface area (Å²) in [4.78, 5) is 26.0. The first-order valence-corrected chi connectivity index (χ1v) is 8.27. The molecular weight excluding hydrogens is 323 g/mol. The van der Waals surface area contributed by atoms with Crippen LogP contribution in [0.5, 0.6) is 0 Å². The van der Waals surface area contributed by atoms with E-state index in [9.17, 15) is 14.0 Å². The van der Waals surface area contributed by atoms with Gasteiger partial charge in [-0.05, 0) is 24.3 Å². The van der Waals surface area contributed by atoms with Gasteiger partial charge in [0.1, 0.15) is 18.5 Å². The topological polar surface area (TPSA) is 67.9 Å². The third-order valence-corrected chi connectivity index (χ3v) is 4.29. The summed E-state index contributed by atoms with van der Waals surface area (Å²) >= 11 is 1.51. The number of hydrogen-bond donors (Lipinski definition) is 1. The molecular formula is C15H19FN2O4S. The molecule has 1 atom stereocenters. The first kappa shape index (κ1) is 17.7. The van der Waals surface area contributed by atoms with E-state index in [0.717, 1.165) is 0 Å². The molecule has 1 aromatic rings. The number of benzene rings is 1. The lowest BCUT2D eigenvalue weighted by molar-refractivity contribution is -0.140. The van der Waals surface area contributed by atoms with Crippen LogP contribution in [0, 0.1) is 5.82 Å². The van der Waals surface area contributed by atoms with Gasteiger partial charge < -0.3 is 19.7 Å². The summed E-state index contributed by atoms with van der Waals surface area (Å²) in [6.45, 7) is 0.663. The maximum Gasteiger partial charge on any atom is 0.249 e. The molecule has 0 spiro atoms. The number of hydrogen-bond acceptors (Lipinski definition) is 5. The molecule has 1 unspecified atom stereocenters. The molecule has 0 saturated carbocycles. The lowest BCUT2D eigenvalue weighted by Crippen LogP contribution is -2.46. The van der Waals surface area contributed by atoms with E-state index in [2.05, 4.69) is 5.32 Å². The molecule has 0 aromatic heterocycles. The fourth-order valence-corrected chi connectivity index (χ4v) is 3.23. The van der Waals surface area contributed by atoms with Gasteiger partial charge in [0, 0.05) is 18.6 Å². The van der Waals surface area contributed by atoms with Crippen LogP contribution < -0.4 is 5.32 Å². The number of methoxy groups -OCH3 is 1. The largest absolute Gasteiger partial charge is 0.382 e. The number of thioether (sulfide) groups is 1. The minimum atomic E-state index is -0.552. The van der Waals surface area contributed by atoms with Gasteiger partial charge in [-0.15, -0.1) is 11.8 Å². The highest BCUT2D eigenvalue weighted by Gasteiger charge is 2.34. The van der Waals surface area contributed by atoms with Crippen LogP contribution in [-0.4, -0.2) is 61.3 Å². The van der Waals surface area contributed by atoms with Crippen molar-refractivity contribution >= 4 is 29.3 Å².